The highest BCUT2D eigenvalue weighted by Crippen LogP contribution is 2.73. The molecule has 1 aromatic heterocycles. The van der Waals surface area contributed by atoms with Crippen LogP contribution in [0.4, 0.5) is 0 Å². The fraction of sp³-hybridized carbons (Fsp3) is 0.688. The number of hydrogen-bond acceptors (Lipinski definition) is 8. The van der Waals surface area contributed by atoms with Crippen LogP contribution in [-0.4, -0.2) is 61.3 Å². The van der Waals surface area contributed by atoms with Crippen LogP contribution in [0.1, 0.15) is 72.3 Å². The first-order chi connectivity index (χ1) is 18.9. The lowest BCUT2D eigenvalue weighted by atomic mass is 9.40. The van der Waals surface area contributed by atoms with Gasteiger partial charge in [0.2, 0.25) is 0 Å². The van der Waals surface area contributed by atoms with Crippen LogP contribution in [0, 0.1) is 28.1 Å². The Labute approximate surface area is 236 Å². The minimum atomic E-state index is -0.726. The zero-order valence-electron chi connectivity index (χ0n) is 24.6. The van der Waals surface area contributed by atoms with Crippen LogP contribution in [0.5, 0.6) is 0 Å². The maximum Gasteiger partial charge on any atom is 0.330 e. The van der Waals surface area contributed by atoms with E-state index in [0.29, 0.717) is 6.61 Å². The van der Waals surface area contributed by atoms with Crippen molar-refractivity contribution in [2.45, 2.75) is 97.2 Å². The van der Waals surface area contributed by atoms with Gasteiger partial charge >= 0.3 is 11.9 Å². The van der Waals surface area contributed by atoms with Gasteiger partial charge in [-0.2, -0.15) is 0 Å². The van der Waals surface area contributed by atoms with Crippen LogP contribution in [0.15, 0.2) is 45.8 Å². The number of allylic oxidation sites excluding steroid dienone is 2. The fourth-order valence-electron chi connectivity index (χ4n) is 9.73. The summed E-state index contributed by atoms with van der Waals surface area (Å²) in [6.07, 6.45) is 4.13. The Morgan fingerprint density at radius 2 is 1.95 bits per heavy atom. The lowest BCUT2D eigenvalue weighted by Gasteiger charge is -2.65. The number of furan rings is 1. The highest BCUT2D eigenvalue weighted by Gasteiger charge is 2.78. The molecule has 8 nitrogen and oxygen atoms in total. The van der Waals surface area contributed by atoms with Crippen molar-refractivity contribution in [2.24, 2.45) is 28.1 Å². The number of hydrogen-bond donors (Lipinski definition) is 1. The first-order valence-electron chi connectivity index (χ1n) is 14.5. The average molecular weight is 555 g/mol. The molecular weight excluding hydrogens is 512 g/mol. The third-order valence-electron chi connectivity index (χ3n) is 11.4. The van der Waals surface area contributed by atoms with Crippen LogP contribution in [0.2, 0.25) is 0 Å². The van der Waals surface area contributed by atoms with Crippen LogP contribution in [-0.2, 0) is 28.5 Å². The Morgan fingerprint density at radius 3 is 2.60 bits per heavy atom. The van der Waals surface area contributed by atoms with Crippen molar-refractivity contribution in [3.8, 4) is 0 Å². The standard InChI is InChI=1S/C32H42O8/c1-16(2)10-25(35)40-23-13-22(33)30(4)15-38-27-28(30)31(23,5)21(12-24(34)36-7)32(6)26-17(3)19(18-8-9-37-14-18)11-20(26)39-29(27)32/h8-10,14,19-23,27-29,33H,11-13,15H2,1-7H3/t19-,20?,21-,22?,23?,27?,28+,29?,30-,31+,32-/m1/s1. The van der Waals surface area contributed by atoms with E-state index < -0.39 is 34.4 Å². The fourth-order valence-corrected chi connectivity index (χ4v) is 9.73. The first-order valence-corrected chi connectivity index (χ1v) is 14.5. The number of rotatable bonds is 5. The predicted octanol–water partition coefficient (Wildman–Crippen LogP) is 4.72. The maximum atomic E-state index is 13.2. The molecule has 0 bridgehead atoms. The molecule has 2 saturated heterocycles. The lowest BCUT2D eigenvalue weighted by Crippen LogP contribution is -2.70. The van der Waals surface area contributed by atoms with Gasteiger partial charge in [-0.05, 0) is 50.3 Å². The zero-order valence-corrected chi connectivity index (χ0v) is 24.6. The van der Waals surface area contributed by atoms with Crippen LogP contribution in [0.25, 0.3) is 0 Å². The lowest BCUT2D eigenvalue weighted by molar-refractivity contribution is -0.248. The molecule has 6 rings (SSSR count). The molecular formula is C32H42O8. The Bertz CT molecular complexity index is 1260. The molecule has 2 saturated carbocycles. The van der Waals surface area contributed by atoms with Crippen LogP contribution >= 0.6 is 0 Å². The molecule has 3 heterocycles. The van der Waals surface area contributed by atoms with E-state index in [9.17, 15) is 14.7 Å². The summed E-state index contributed by atoms with van der Waals surface area (Å²) in [7, 11) is 1.42. The largest absolute Gasteiger partial charge is 0.472 e. The molecule has 1 N–H and O–H groups in total. The van der Waals surface area contributed by atoms with Gasteiger partial charge in [-0.25, -0.2) is 4.79 Å². The molecule has 40 heavy (non-hydrogen) atoms. The molecule has 5 aliphatic rings. The topological polar surface area (TPSA) is 104 Å². The van der Waals surface area contributed by atoms with Crippen molar-refractivity contribution in [1.82, 2.24) is 0 Å². The summed E-state index contributed by atoms with van der Waals surface area (Å²) in [5.74, 6) is -1.05. The van der Waals surface area contributed by atoms with E-state index in [1.165, 1.54) is 24.3 Å². The Balaban J connectivity index is 1.53. The summed E-state index contributed by atoms with van der Waals surface area (Å²) < 4.78 is 30.4. The monoisotopic (exact) mass is 554 g/mol. The summed E-state index contributed by atoms with van der Waals surface area (Å²) in [5.41, 5.74) is 2.57. The number of aliphatic hydroxyl groups excluding tert-OH is 1. The van der Waals surface area contributed by atoms with E-state index in [1.54, 1.807) is 12.5 Å². The molecule has 1 aromatic rings. The number of esters is 2. The Morgan fingerprint density at radius 1 is 1.20 bits per heavy atom. The summed E-state index contributed by atoms with van der Waals surface area (Å²) in [6, 6.07) is 2.01. The Hall–Kier alpha value is -2.42. The SMILES string of the molecule is COC(=O)C[C@@H]1[C@@]2(C)C(OC(=O)C=C(C)C)CC(O)[C@@]3(C)COC(C4OC5C[C@@H](c6ccoc6)C(C)=C5[C@]41C)[C@H]23. The minimum Gasteiger partial charge on any atom is -0.472 e. The van der Waals surface area contributed by atoms with Crippen molar-refractivity contribution < 1.29 is 38.1 Å². The van der Waals surface area contributed by atoms with Crippen LogP contribution in [0.3, 0.4) is 0 Å². The summed E-state index contributed by atoms with van der Waals surface area (Å²) in [6.45, 7) is 12.7. The van der Waals surface area contributed by atoms with E-state index >= 15 is 0 Å². The highest BCUT2D eigenvalue weighted by molar-refractivity contribution is 5.82. The van der Waals surface area contributed by atoms with Gasteiger partial charge in [0.05, 0.1) is 50.7 Å². The summed E-state index contributed by atoms with van der Waals surface area (Å²) in [4.78, 5) is 26.2. The van der Waals surface area contributed by atoms with Gasteiger partial charge in [0, 0.05) is 47.0 Å². The zero-order chi connectivity index (χ0) is 28.8. The smallest absolute Gasteiger partial charge is 0.330 e. The molecule has 0 aromatic carbocycles. The van der Waals surface area contributed by atoms with Crippen molar-refractivity contribution >= 4 is 11.9 Å². The van der Waals surface area contributed by atoms with Crippen molar-refractivity contribution in [2.75, 3.05) is 13.7 Å². The third kappa shape index (κ3) is 3.61. The molecule has 4 fully saturated rings. The number of carbonyl (C=O) groups excluding carboxylic acids is 2. The van der Waals surface area contributed by atoms with Gasteiger partial charge in [0.1, 0.15) is 6.10 Å². The molecule has 0 radical (unpaired) electrons. The predicted molar refractivity (Wildman–Crippen MR) is 145 cm³/mol. The van der Waals surface area contributed by atoms with E-state index in [-0.39, 0.29) is 54.9 Å². The second-order valence-corrected chi connectivity index (χ2v) is 13.6. The second kappa shape index (κ2) is 9.30. The number of aliphatic hydroxyl groups is 1. The number of carbonyl (C=O) groups is 2. The third-order valence-corrected chi connectivity index (χ3v) is 11.4. The summed E-state index contributed by atoms with van der Waals surface area (Å²) in [5, 5.41) is 11.5. The van der Waals surface area contributed by atoms with E-state index in [4.69, 9.17) is 23.4 Å². The van der Waals surface area contributed by atoms with E-state index in [1.807, 2.05) is 19.9 Å². The van der Waals surface area contributed by atoms with Crippen LogP contribution < -0.4 is 0 Å². The first kappa shape index (κ1) is 27.7. The number of methoxy groups -OCH3 is 1. The van der Waals surface area contributed by atoms with Crippen molar-refractivity contribution in [3.05, 3.63) is 47.0 Å². The summed E-state index contributed by atoms with van der Waals surface area (Å²) >= 11 is 0. The van der Waals surface area contributed by atoms with E-state index in [2.05, 4.69) is 27.7 Å². The molecule has 0 spiro atoms. The maximum absolute atomic E-state index is 13.2. The Kier molecular flexibility index (Phi) is 6.45. The molecule has 0 amide bonds. The molecule has 11 atom stereocenters. The minimum absolute atomic E-state index is 0.120. The molecule has 2 aliphatic heterocycles. The van der Waals surface area contributed by atoms with Gasteiger partial charge in [-0.1, -0.05) is 31.9 Å². The van der Waals surface area contributed by atoms with Crippen molar-refractivity contribution in [3.63, 3.8) is 0 Å². The quantitative estimate of drug-likeness (QED) is 0.317. The molecule has 218 valence electrons. The normalized spacial score (nSPS) is 45.0. The average Bonchev–Trinajstić information content (AvgIpc) is 3.65. The van der Waals surface area contributed by atoms with Gasteiger partial charge in [-0.3, -0.25) is 4.79 Å². The highest BCUT2D eigenvalue weighted by atomic mass is 16.6. The molecule has 5 unspecified atom stereocenters. The van der Waals surface area contributed by atoms with E-state index in [0.717, 1.165) is 17.6 Å². The van der Waals surface area contributed by atoms with Crippen molar-refractivity contribution in [1.29, 1.82) is 0 Å². The number of fused-ring (bicyclic) bond motifs is 4. The molecule has 3 aliphatic carbocycles. The number of ether oxygens (including phenoxy) is 4. The van der Waals surface area contributed by atoms with Gasteiger partial charge in [0.15, 0.2) is 0 Å². The second-order valence-electron chi connectivity index (χ2n) is 13.6. The van der Waals surface area contributed by atoms with Gasteiger partial charge < -0.3 is 28.5 Å². The van der Waals surface area contributed by atoms with Gasteiger partial charge in [-0.15, -0.1) is 0 Å². The van der Waals surface area contributed by atoms with Gasteiger partial charge in [0.25, 0.3) is 0 Å². The molecule has 8 heteroatoms.